The third-order valence-corrected chi connectivity index (χ3v) is 3.68. The van der Waals surface area contributed by atoms with Crippen molar-refractivity contribution in [1.82, 2.24) is 4.98 Å². The van der Waals surface area contributed by atoms with Gasteiger partial charge in [-0.25, -0.2) is 0 Å². The largest absolute Gasteiger partial charge is 0.294 e. The fourth-order valence-electron chi connectivity index (χ4n) is 2.40. The van der Waals surface area contributed by atoms with E-state index in [1.54, 1.807) is 24.5 Å². The Morgan fingerprint density at radius 1 is 0.889 bits per heavy atom. The Kier molecular flexibility index (Phi) is 5.12. The van der Waals surface area contributed by atoms with Crippen LogP contribution in [0, 0.1) is 20.2 Å². The number of nitro groups is 2. The van der Waals surface area contributed by atoms with Crippen LogP contribution in [-0.4, -0.2) is 20.5 Å². The van der Waals surface area contributed by atoms with E-state index in [0.717, 1.165) is 29.3 Å². The molecule has 0 amide bonds. The average Bonchev–Trinajstić information content (AvgIpc) is 2.69. The number of hydrogen-bond donors (Lipinski definition) is 1. The first-order valence-electron chi connectivity index (χ1n) is 7.78. The molecule has 9 nitrogen and oxygen atoms in total. The topological polar surface area (TPSA) is 124 Å². The molecule has 1 aromatic heterocycles. The number of anilines is 1. The van der Waals surface area contributed by atoms with Gasteiger partial charge < -0.3 is 0 Å². The van der Waals surface area contributed by atoms with Crippen molar-refractivity contribution in [2.75, 3.05) is 5.43 Å². The minimum atomic E-state index is -0.629. The van der Waals surface area contributed by atoms with Crippen LogP contribution in [0.5, 0.6) is 0 Å². The highest BCUT2D eigenvalue weighted by Gasteiger charge is 2.18. The molecule has 9 heteroatoms. The van der Waals surface area contributed by atoms with Crippen LogP contribution in [0.2, 0.25) is 0 Å². The zero-order valence-electron chi connectivity index (χ0n) is 13.9. The third-order valence-electron chi connectivity index (χ3n) is 3.68. The summed E-state index contributed by atoms with van der Waals surface area (Å²) in [5, 5.41) is 26.5. The molecule has 0 bridgehead atoms. The van der Waals surface area contributed by atoms with Crippen LogP contribution in [0.1, 0.15) is 11.1 Å². The Bertz CT molecular complexity index is 965. The fourth-order valence-corrected chi connectivity index (χ4v) is 2.40. The SMILES string of the molecule is O=[N+]([O-])c1ccc([N+](=O)[O-])c(N/N=C(\c2ccccc2)c2ccncc2)c1. The van der Waals surface area contributed by atoms with Gasteiger partial charge in [0.15, 0.2) is 0 Å². The fraction of sp³-hybridized carbons (Fsp3) is 0. The van der Waals surface area contributed by atoms with E-state index < -0.39 is 9.85 Å². The molecule has 134 valence electrons. The monoisotopic (exact) mass is 363 g/mol. The van der Waals surface area contributed by atoms with Crippen LogP contribution in [0.3, 0.4) is 0 Å². The predicted octanol–water partition coefficient (Wildman–Crippen LogP) is 3.76. The number of rotatable bonds is 6. The van der Waals surface area contributed by atoms with Crippen molar-refractivity contribution in [3.63, 3.8) is 0 Å². The summed E-state index contributed by atoms with van der Waals surface area (Å²) in [5.74, 6) is 0. The number of pyridine rings is 1. The van der Waals surface area contributed by atoms with Gasteiger partial charge in [-0.05, 0) is 12.1 Å². The maximum Gasteiger partial charge on any atom is 0.294 e. The van der Waals surface area contributed by atoms with Crippen LogP contribution < -0.4 is 5.43 Å². The molecule has 0 saturated heterocycles. The van der Waals surface area contributed by atoms with Gasteiger partial charge in [0.1, 0.15) is 5.69 Å². The second-order valence-electron chi connectivity index (χ2n) is 5.39. The van der Waals surface area contributed by atoms with Crippen molar-refractivity contribution in [1.29, 1.82) is 0 Å². The van der Waals surface area contributed by atoms with E-state index in [2.05, 4.69) is 15.5 Å². The van der Waals surface area contributed by atoms with E-state index in [-0.39, 0.29) is 17.1 Å². The molecule has 0 saturated carbocycles. The number of nitrogens with zero attached hydrogens (tertiary/aromatic N) is 4. The Hall–Kier alpha value is -4.14. The van der Waals surface area contributed by atoms with Crippen LogP contribution in [0.4, 0.5) is 17.1 Å². The summed E-state index contributed by atoms with van der Waals surface area (Å²) in [5.41, 5.74) is 3.96. The minimum Gasteiger partial charge on any atom is -0.271 e. The summed E-state index contributed by atoms with van der Waals surface area (Å²) < 4.78 is 0. The second-order valence-corrected chi connectivity index (χ2v) is 5.39. The molecule has 27 heavy (non-hydrogen) atoms. The number of benzene rings is 2. The van der Waals surface area contributed by atoms with Crippen molar-refractivity contribution in [3.05, 3.63) is 104 Å². The summed E-state index contributed by atoms with van der Waals surface area (Å²) in [6.07, 6.45) is 3.20. The van der Waals surface area contributed by atoms with Gasteiger partial charge in [-0.15, -0.1) is 0 Å². The van der Waals surface area contributed by atoms with Gasteiger partial charge in [0, 0.05) is 41.7 Å². The summed E-state index contributed by atoms with van der Waals surface area (Å²) in [6.45, 7) is 0. The highest BCUT2D eigenvalue weighted by molar-refractivity contribution is 6.13. The van der Waals surface area contributed by atoms with E-state index in [4.69, 9.17) is 0 Å². The van der Waals surface area contributed by atoms with Crippen LogP contribution in [0.15, 0.2) is 78.2 Å². The summed E-state index contributed by atoms with van der Waals surface area (Å²) in [7, 11) is 0. The first-order chi connectivity index (χ1) is 13.1. The molecule has 0 aliphatic heterocycles. The van der Waals surface area contributed by atoms with Crippen molar-refractivity contribution >= 4 is 22.8 Å². The second kappa shape index (κ2) is 7.83. The van der Waals surface area contributed by atoms with Gasteiger partial charge >= 0.3 is 0 Å². The Morgan fingerprint density at radius 2 is 1.56 bits per heavy atom. The highest BCUT2D eigenvalue weighted by Crippen LogP contribution is 2.29. The van der Waals surface area contributed by atoms with Crippen LogP contribution >= 0.6 is 0 Å². The van der Waals surface area contributed by atoms with Gasteiger partial charge in [0.25, 0.3) is 11.4 Å². The average molecular weight is 363 g/mol. The molecule has 3 aromatic rings. The van der Waals surface area contributed by atoms with Crippen molar-refractivity contribution in [3.8, 4) is 0 Å². The number of hydrogen-bond acceptors (Lipinski definition) is 7. The zero-order valence-corrected chi connectivity index (χ0v) is 13.9. The molecule has 0 atom stereocenters. The van der Waals surface area contributed by atoms with E-state index in [9.17, 15) is 20.2 Å². The standard InChI is InChI=1S/C18H13N5O4/c24-22(25)15-6-7-17(23(26)27)16(12-15)20-21-18(13-4-2-1-3-5-13)14-8-10-19-11-9-14/h1-12,20H/b21-18+. The van der Waals surface area contributed by atoms with Gasteiger partial charge in [-0.3, -0.25) is 30.6 Å². The van der Waals surface area contributed by atoms with E-state index >= 15 is 0 Å². The number of aromatic nitrogens is 1. The maximum absolute atomic E-state index is 11.2. The number of nitro benzene ring substituents is 2. The lowest BCUT2D eigenvalue weighted by Crippen LogP contribution is -2.07. The van der Waals surface area contributed by atoms with Crippen LogP contribution in [-0.2, 0) is 0 Å². The Morgan fingerprint density at radius 3 is 2.19 bits per heavy atom. The molecule has 2 aromatic carbocycles. The summed E-state index contributed by atoms with van der Waals surface area (Å²) in [6, 6.07) is 15.9. The first kappa shape index (κ1) is 17.7. The lowest BCUT2D eigenvalue weighted by molar-refractivity contribution is -0.388. The first-order valence-corrected chi connectivity index (χ1v) is 7.78. The van der Waals surface area contributed by atoms with Crippen molar-refractivity contribution in [2.24, 2.45) is 5.10 Å². The molecule has 0 unspecified atom stereocenters. The van der Waals surface area contributed by atoms with Gasteiger partial charge in [0.2, 0.25) is 0 Å². The zero-order chi connectivity index (χ0) is 19.2. The molecule has 0 aliphatic carbocycles. The van der Waals surface area contributed by atoms with E-state index in [1.807, 2.05) is 30.3 Å². The Labute approximate surface area is 153 Å². The van der Waals surface area contributed by atoms with Crippen molar-refractivity contribution < 1.29 is 9.85 Å². The summed E-state index contributed by atoms with van der Waals surface area (Å²) in [4.78, 5) is 24.9. The van der Waals surface area contributed by atoms with Gasteiger partial charge in [-0.1, -0.05) is 30.3 Å². The van der Waals surface area contributed by atoms with Crippen LogP contribution in [0.25, 0.3) is 0 Å². The lowest BCUT2D eigenvalue weighted by Gasteiger charge is -2.08. The minimum absolute atomic E-state index is 0.0725. The molecular formula is C18H13N5O4. The number of nitrogens with one attached hydrogen (secondary N) is 1. The van der Waals surface area contributed by atoms with Gasteiger partial charge in [0.05, 0.1) is 15.6 Å². The third kappa shape index (κ3) is 4.10. The maximum atomic E-state index is 11.2. The molecule has 1 heterocycles. The Balaban J connectivity index is 2.06. The number of non-ortho nitro benzene ring substituents is 1. The highest BCUT2D eigenvalue weighted by atomic mass is 16.6. The molecule has 3 rings (SSSR count). The summed E-state index contributed by atoms with van der Waals surface area (Å²) >= 11 is 0. The molecule has 0 fully saturated rings. The van der Waals surface area contributed by atoms with Crippen molar-refractivity contribution in [2.45, 2.75) is 0 Å². The van der Waals surface area contributed by atoms with Gasteiger partial charge in [-0.2, -0.15) is 5.10 Å². The molecule has 1 N–H and O–H groups in total. The lowest BCUT2D eigenvalue weighted by atomic mass is 10.0. The molecule has 0 radical (unpaired) electrons. The smallest absolute Gasteiger partial charge is 0.271 e. The molecular weight excluding hydrogens is 350 g/mol. The quantitative estimate of drug-likeness (QED) is 0.404. The normalized spacial score (nSPS) is 11.0. The molecule has 0 aliphatic rings. The number of hydrazone groups is 1. The van der Waals surface area contributed by atoms with E-state index in [0.29, 0.717) is 5.71 Å². The van der Waals surface area contributed by atoms with E-state index in [1.165, 1.54) is 0 Å². The predicted molar refractivity (Wildman–Crippen MR) is 99.7 cm³/mol. The molecule has 0 spiro atoms.